The molecule has 0 aliphatic carbocycles. The Kier molecular flexibility index (Phi) is 2.88. The van der Waals surface area contributed by atoms with Gasteiger partial charge in [-0.15, -0.1) is 5.10 Å². The molecule has 2 saturated heterocycles. The number of nitrogens with one attached hydrogen (secondary N) is 1. The number of hydrogen-bond acceptors (Lipinski definition) is 5. The Balaban J connectivity index is 1.60. The highest BCUT2D eigenvalue weighted by Crippen LogP contribution is 2.31. The molecule has 104 valence electrons. The summed E-state index contributed by atoms with van der Waals surface area (Å²) < 4.78 is 1.71. The summed E-state index contributed by atoms with van der Waals surface area (Å²) in [4.78, 5) is 2.61. The summed E-state index contributed by atoms with van der Waals surface area (Å²) in [7, 11) is 0. The molecule has 0 bridgehead atoms. The minimum atomic E-state index is 0.537. The first-order valence-corrected chi connectivity index (χ1v) is 7.25. The smallest absolute Gasteiger partial charge is 0.143 e. The summed E-state index contributed by atoms with van der Waals surface area (Å²) in [6.07, 6.45) is 5.49. The number of benzene rings is 1. The van der Waals surface area contributed by atoms with E-state index < -0.39 is 0 Å². The molecule has 1 aromatic heterocycles. The maximum Gasteiger partial charge on any atom is 0.143 e. The highest BCUT2D eigenvalue weighted by atomic mass is 15.5. The van der Waals surface area contributed by atoms with Gasteiger partial charge in [-0.05, 0) is 48.4 Å². The minimum absolute atomic E-state index is 0.537. The summed E-state index contributed by atoms with van der Waals surface area (Å²) in [5.74, 6) is 0. The van der Waals surface area contributed by atoms with Crippen molar-refractivity contribution in [3.8, 4) is 5.69 Å². The van der Waals surface area contributed by atoms with E-state index in [2.05, 4.69) is 37.9 Å². The van der Waals surface area contributed by atoms with Crippen molar-refractivity contribution >= 4 is 5.69 Å². The summed E-state index contributed by atoms with van der Waals surface area (Å²) in [5.41, 5.74) is 2.12. The Morgan fingerprint density at radius 3 is 3.00 bits per heavy atom. The number of tetrazole rings is 1. The van der Waals surface area contributed by atoms with E-state index in [4.69, 9.17) is 0 Å². The number of rotatable bonds is 3. The van der Waals surface area contributed by atoms with E-state index in [-0.39, 0.29) is 0 Å². The van der Waals surface area contributed by atoms with Crippen LogP contribution >= 0.6 is 0 Å². The number of fused-ring (bicyclic) bond motifs is 1. The predicted octanol–water partition coefficient (Wildman–Crippen LogP) is 1.31. The van der Waals surface area contributed by atoms with E-state index in [0.29, 0.717) is 12.1 Å². The lowest BCUT2D eigenvalue weighted by Gasteiger charge is -2.23. The second-order valence-corrected chi connectivity index (χ2v) is 5.56. The Labute approximate surface area is 117 Å². The summed E-state index contributed by atoms with van der Waals surface area (Å²) in [6.45, 7) is 2.48. The van der Waals surface area contributed by atoms with Crippen molar-refractivity contribution in [1.29, 1.82) is 0 Å². The first kappa shape index (κ1) is 11.8. The molecule has 20 heavy (non-hydrogen) atoms. The molecule has 2 aliphatic heterocycles. The Hall–Kier alpha value is -1.95. The van der Waals surface area contributed by atoms with Crippen LogP contribution in [0.5, 0.6) is 0 Å². The highest BCUT2D eigenvalue weighted by molar-refractivity contribution is 5.61. The lowest BCUT2D eigenvalue weighted by atomic mass is 10.1. The van der Waals surface area contributed by atoms with Crippen LogP contribution in [0.2, 0.25) is 0 Å². The van der Waals surface area contributed by atoms with Gasteiger partial charge >= 0.3 is 0 Å². The third-order valence-corrected chi connectivity index (χ3v) is 4.45. The van der Waals surface area contributed by atoms with Crippen LogP contribution in [0.1, 0.15) is 19.3 Å². The third-order valence-electron chi connectivity index (χ3n) is 4.45. The molecule has 0 amide bonds. The van der Waals surface area contributed by atoms with Gasteiger partial charge in [0.2, 0.25) is 0 Å². The molecule has 2 aromatic rings. The van der Waals surface area contributed by atoms with Crippen LogP contribution in [0.4, 0.5) is 5.69 Å². The molecule has 2 fully saturated rings. The number of anilines is 1. The van der Waals surface area contributed by atoms with Crippen LogP contribution in [0.25, 0.3) is 5.69 Å². The van der Waals surface area contributed by atoms with Gasteiger partial charge in [0.25, 0.3) is 0 Å². The zero-order chi connectivity index (χ0) is 13.4. The molecular formula is C14H18N6. The Bertz CT molecular complexity index is 581. The summed E-state index contributed by atoms with van der Waals surface area (Å²) in [5, 5.41) is 15.1. The topological polar surface area (TPSA) is 58.9 Å². The fourth-order valence-electron chi connectivity index (χ4n) is 3.52. The van der Waals surface area contributed by atoms with Crippen LogP contribution in [0.15, 0.2) is 30.6 Å². The first-order valence-electron chi connectivity index (χ1n) is 7.25. The molecule has 2 atom stereocenters. The van der Waals surface area contributed by atoms with Crippen molar-refractivity contribution in [3.63, 3.8) is 0 Å². The normalized spacial score (nSPS) is 25.8. The van der Waals surface area contributed by atoms with Gasteiger partial charge in [-0.3, -0.25) is 4.90 Å². The number of aromatic nitrogens is 4. The monoisotopic (exact) mass is 270 g/mol. The van der Waals surface area contributed by atoms with E-state index in [1.807, 2.05) is 12.1 Å². The van der Waals surface area contributed by atoms with Crippen LogP contribution in [-0.2, 0) is 0 Å². The zero-order valence-corrected chi connectivity index (χ0v) is 11.3. The molecule has 6 nitrogen and oxygen atoms in total. The van der Waals surface area contributed by atoms with Crippen LogP contribution in [0, 0.1) is 0 Å². The van der Waals surface area contributed by atoms with Crippen molar-refractivity contribution in [2.24, 2.45) is 0 Å². The van der Waals surface area contributed by atoms with Crippen molar-refractivity contribution < 1.29 is 0 Å². The maximum absolute atomic E-state index is 3.99. The van der Waals surface area contributed by atoms with Gasteiger partial charge in [0, 0.05) is 18.6 Å². The second kappa shape index (κ2) is 4.86. The zero-order valence-electron chi connectivity index (χ0n) is 11.3. The highest BCUT2D eigenvalue weighted by Gasteiger charge is 2.37. The van der Waals surface area contributed by atoms with Gasteiger partial charge < -0.3 is 5.32 Å². The van der Waals surface area contributed by atoms with Crippen LogP contribution in [0.3, 0.4) is 0 Å². The van der Waals surface area contributed by atoms with Gasteiger partial charge in [0.1, 0.15) is 6.33 Å². The average molecular weight is 270 g/mol. The van der Waals surface area contributed by atoms with Gasteiger partial charge in [-0.2, -0.15) is 4.68 Å². The molecule has 6 heteroatoms. The first-order chi connectivity index (χ1) is 9.92. The van der Waals surface area contributed by atoms with Crippen molar-refractivity contribution in [2.45, 2.75) is 31.3 Å². The number of para-hydroxylation sites is 2. The van der Waals surface area contributed by atoms with Gasteiger partial charge in [0.15, 0.2) is 0 Å². The predicted molar refractivity (Wildman–Crippen MR) is 75.8 cm³/mol. The molecule has 1 aromatic carbocycles. The molecule has 0 spiro atoms. The summed E-state index contributed by atoms with van der Waals surface area (Å²) >= 11 is 0. The van der Waals surface area contributed by atoms with E-state index in [0.717, 1.165) is 11.4 Å². The van der Waals surface area contributed by atoms with Gasteiger partial charge in [-0.25, -0.2) is 0 Å². The van der Waals surface area contributed by atoms with Crippen molar-refractivity contribution in [3.05, 3.63) is 30.6 Å². The van der Waals surface area contributed by atoms with Crippen LogP contribution < -0.4 is 5.32 Å². The number of nitrogens with zero attached hydrogens (tertiary/aromatic N) is 5. The Morgan fingerprint density at radius 2 is 2.10 bits per heavy atom. The quantitative estimate of drug-likeness (QED) is 0.911. The SMILES string of the molecule is c1ccc(-n2cnnn2)c(NC2CCN3CCCC23)c1. The summed E-state index contributed by atoms with van der Waals surface area (Å²) in [6, 6.07) is 9.44. The fraction of sp³-hybridized carbons (Fsp3) is 0.500. The van der Waals surface area contributed by atoms with E-state index in [1.54, 1.807) is 11.0 Å². The molecule has 2 aliphatic rings. The lowest BCUT2D eigenvalue weighted by Crippen LogP contribution is -2.34. The molecule has 0 saturated carbocycles. The molecule has 2 unspecified atom stereocenters. The third kappa shape index (κ3) is 1.96. The molecule has 3 heterocycles. The Morgan fingerprint density at radius 1 is 1.15 bits per heavy atom. The molecule has 4 rings (SSSR count). The molecule has 0 radical (unpaired) electrons. The van der Waals surface area contributed by atoms with Crippen molar-refractivity contribution in [2.75, 3.05) is 18.4 Å². The van der Waals surface area contributed by atoms with Gasteiger partial charge in [0.05, 0.1) is 11.4 Å². The lowest BCUT2D eigenvalue weighted by molar-refractivity contribution is 0.318. The largest absolute Gasteiger partial charge is 0.379 e. The molecule has 1 N–H and O–H groups in total. The van der Waals surface area contributed by atoms with E-state index in [9.17, 15) is 0 Å². The fourth-order valence-corrected chi connectivity index (χ4v) is 3.52. The maximum atomic E-state index is 3.99. The van der Waals surface area contributed by atoms with Gasteiger partial charge in [-0.1, -0.05) is 12.1 Å². The standard InChI is InChI=1S/C14H18N6/c1-2-5-14(20-10-15-17-18-20)11(4-1)16-12-7-9-19-8-3-6-13(12)19/h1-2,4-5,10,12-13,16H,3,6-9H2. The van der Waals surface area contributed by atoms with E-state index >= 15 is 0 Å². The second-order valence-electron chi connectivity index (χ2n) is 5.56. The van der Waals surface area contributed by atoms with E-state index in [1.165, 1.54) is 32.4 Å². The van der Waals surface area contributed by atoms with Crippen molar-refractivity contribution in [1.82, 2.24) is 25.1 Å². The molecular weight excluding hydrogens is 252 g/mol. The minimum Gasteiger partial charge on any atom is -0.379 e. The average Bonchev–Trinajstić information content (AvgIpc) is 3.18. The van der Waals surface area contributed by atoms with Crippen LogP contribution in [-0.4, -0.2) is 50.3 Å². The number of hydrogen-bond donors (Lipinski definition) is 1.